The van der Waals surface area contributed by atoms with Gasteiger partial charge in [0.2, 0.25) is 0 Å². The highest BCUT2D eigenvalue weighted by molar-refractivity contribution is 5.88. The standard InChI is InChI=1S/C13H21NO5/c1-10-12(13(15)16)8-11(19-10)9-14-4-3-5-18-7-6-17-2/h8,14H,3-7,9H2,1-2H3,(H,15,16). The van der Waals surface area contributed by atoms with Crippen LogP contribution >= 0.6 is 0 Å². The van der Waals surface area contributed by atoms with Gasteiger partial charge in [-0.3, -0.25) is 0 Å². The highest BCUT2D eigenvalue weighted by atomic mass is 16.5. The van der Waals surface area contributed by atoms with Gasteiger partial charge in [0.15, 0.2) is 0 Å². The zero-order valence-corrected chi connectivity index (χ0v) is 11.4. The van der Waals surface area contributed by atoms with Crippen molar-refractivity contribution in [1.29, 1.82) is 0 Å². The Balaban J connectivity index is 2.12. The zero-order valence-electron chi connectivity index (χ0n) is 11.4. The van der Waals surface area contributed by atoms with Gasteiger partial charge in [-0.1, -0.05) is 0 Å². The number of furan rings is 1. The summed E-state index contributed by atoms with van der Waals surface area (Å²) in [6.45, 7) is 4.85. The molecule has 1 heterocycles. The van der Waals surface area contributed by atoms with E-state index in [1.165, 1.54) is 0 Å². The van der Waals surface area contributed by atoms with Crippen molar-refractivity contribution in [2.24, 2.45) is 0 Å². The Bertz CT molecular complexity index is 388. The second-order valence-electron chi connectivity index (χ2n) is 4.12. The predicted molar refractivity (Wildman–Crippen MR) is 69.4 cm³/mol. The Morgan fingerprint density at radius 2 is 2.21 bits per heavy atom. The molecule has 2 N–H and O–H groups in total. The maximum atomic E-state index is 10.8. The van der Waals surface area contributed by atoms with Gasteiger partial charge in [0.1, 0.15) is 17.1 Å². The van der Waals surface area contributed by atoms with Crippen molar-refractivity contribution < 1.29 is 23.8 Å². The Kier molecular flexibility index (Phi) is 7.17. The minimum absolute atomic E-state index is 0.222. The Labute approximate surface area is 112 Å². The number of rotatable bonds is 10. The van der Waals surface area contributed by atoms with Gasteiger partial charge < -0.3 is 24.3 Å². The average molecular weight is 271 g/mol. The Morgan fingerprint density at radius 3 is 2.84 bits per heavy atom. The molecule has 0 saturated heterocycles. The van der Waals surface area contributed by atoms with Crippen molar-refractivity contribution in [2.75, 3.05) is 33.5 Å². The number of aromatic carboxylic acids is 1. The van der Waals surface area contributed by atoms with E-state index in [-0.39, 0.29) is 5.56 Å². The van der Waals surface area contributed by atoms with Gasteiger partial charge in [0, 0.05) is 13.7 Å². The van der Waals surface area contributed by atoms with Crippen molar-refractivity contribution in [3.05, 3.63) is 23.2 Å². The third-order valence-corrected chi connectivity index (χ3v) is 2.57. The molecule has 108 valence electrons. The quantitative estimate of drug-likeness (QED) is 0.627. The Hall–Kier alpha value is -1.37. The van der Waals surface area contributed by atoms with Crippen LogP contribution in [0.3, 0.4) is 0 Å². The molecule has 1 aromatic rings. The first-order valence-electron chi connectivity index (χ1n) is 6.25. The lowest BCUT2D eigenvalue weighted by Gasteiger charge is -2.04. The van der Waals surface area contributed by atoms with Crippen molar-refractivity contribution in [3.8, 4) is 0 Å². The van der Waals surface area contributed by atoms with E-state index in [1.807, 2.05) is 0 Å². The number of carbonyl (C=O) groups is 1. The molecule has 0 spiro atoms. The molecule has 0 atom stereocenters. The van der Waals surface area contributed by atoms with E-state index in [2.05, 4.69) is 5.32 Å². The summed E-state index contributed by atoms with van der Waals surface area (Å²) < 4.78 is 15.5. The third-order valence-electron chi connectivity index (χ3n) is 2.57. The number of hydrogen-bond acceptors (Lipinski definition) is 5. The van der Waals surface area contributed by atoms with Crippen molar-refractivity contribution in [3.63, 3.8) is 0 Å². The molecule has 0 amide bonds. The smallest absolute Gasteiger partial charge is 0.339 e. The van der Waals surface area contributed by atoms with Gasteiger partial charge >= 0.3 is 5.97 Å². The first-order chi connectivity index (χ1) is 9.15. The monoisotopic (exact) mass is 271 g/mol. The molecule has 1 rings (SSSR count). The minimum atomic E-state index is -0.959. The molecular formula is C13H21NO5. The van der Waals surface area contributed by atoms with Crippen LogP contribution in [0.15, 0.2) is 10.5 Å². The average Bonchev–Trinajstić information content (AvgIpc) is 2.74. The van der Waals surface area contributed by atoms with Crippen molar-refractivity contribution in [2.45, 2.75) is 19.9 Å². The zero-order chi connectivity index (χ0) is 14.1. The molecule has 0 aliphatic heterocycles. The third kappa shape index (κ3) is 5.87. The second kappa shape index (κ2) is 8.68. The second-order valence-corrected chi connectivity index (χ2v) is 4.12. The number of methoxy groups -OCH3 is 1. The number of aryl methyl sites for hydroxylation is 1. The predicted octanol–water partition coefficient (Wildman–Crippen LogP) is 1.43. The summed E-state index contributed by atoms with van der Waals surface area (Å²) in [4.78, 5) is 10.8. The van der Waals surface area contributed by atoms with Gasteiger partial charge in [-0.25, -0.2) is 4.79 Å². The molecule has 0 fully saturated rings. The van der Waals surface area contributed by atoms with Crippen molar-refractivity contribution in [1.82, 2.24) is 5.32 Å². The van der Waals surface area contributed by atoms with E-state index in [4.69, 9.17) is 19.0 Å². The number of carboxylic acid groups (broad SMARTS) is 1. The van der Waals surface area contributed by atoms with Crippen LogP contribution in [0.5, 0.6) is 0 Å². The first kappa shape index (κ1) is 15.7. The number of ether oxygens (including phenoxy) is 2. The lowest BCUT2D eigenvalue weighted by Crippen LogP contribution is -2.16. The van der Waals surface area contributed by atoms with Gasteiger partial charge in [-0.2, -0.15) is 0 Å². The largest absolute Gasteiger partial charge is 0.478 e. The maximum absolute atomic E-state index is 10.8. The van der Waals surface area contributed by atoms with Crippen LogP contribution in [0.1, 0.15) is 28.3 Å². The fourth-order valence-corrected chi connectivity index (χ4v) is 1.60. The van der Waals surface area contributed by atoms with E-state index in [0.29, 0.717) is 37.9 Å². The lowest BCUT2D eigenvalue weighted by molar-refractivity contribution is 0.0693. The van der Waals surface area contributed by atoms with Crippen LogP contribution in [-0.2, 0) is 16.0 Å². The van der Waals surface area contributed by atoms with Crippen LogP contribution < -0.4 is 5.32 Å². The normalized spacial score (nSPS) is 10.8. The Morgan fingerprint density at radius 1 is 1.42 bits per heavy atom. The van der Waals surface area contributed by atoms with Crippen LogP contribution in [0.4, 0.5) is 0 Å². The van der Waals surface area contributed by atoms with Gasteiger partial charge in [0.25, 0.3) is 0 Å². The van der Waals surface area contributed by atoms with Gasteiger partial charge in [0.05, 0.1) is 19.8 Å². The first-order valence-corrected chi connectivity index (χ1v) is 6.25. The highest BCUT2D eigenvalue weighted by Gasteiger charge is 2.12. The number of nitrogens with one attached hydrogen (secondary N) is 1. The van der Waals surface area contributed by atoms with Crippen molar-refractivity contribution >= 4 is 5.97 Å². The summed E-state index contributed by atoms with van der Waals surface area (Å²) in [5.74, 6) is 0.112. The highest BCUT2D eigenvalue weighted by Crippen LogP contribution is 2.14. The molecule has 6 nitrogen and oxygen atoms in total. The van der Waals surface area contributed by atoms with Crippen LogP contribution in [0.2, 0.25) is 0 Å². The summed E-state index contributed by atoms with van der Waals surface area (Å²) in [6, 6.07) is 1.56. The van der Waals surface area contributed by atoms with Crippen LogP contribution in [0.25, 0.3) is 0 Å². The topological polar surface area (TPSA) is 80.9 Å². The lowest BCUT2D eigenvalue weighted by atomic mass is 10.2. The molecule has 0 radical (unpaired) electrons. The van der Waals surface area contributed by atoms with Gasteiger partial charge in [-0.15, -0.1) is 0 Å². The number of hydrogen-bond donors (Lipinski definition) is 2. The molecule has 6 heteroatoms. The summed E-state index contributed by atoms with van der Waals surface area (Å²) >= 11 is 0. The maximum Gasteiger partial charge on any atom is 0.339 e. The van der Waals surface area contributed by atoms with E-state index >= 15 is 0 Å². The van der Waals surface area contributed by atoms with E-state index in [1.54, 1.807) is 20.1 Å². The summed E-state index contributed by atoms with van der Waals surface area (Å²) in [5, 5.41) is 12.1. The molecule has 0 saturated carbocycles. The van der Waals surface area contributed by atoms with Gasteiger partial charge in [-0.05, 0) is 26.0 Å². The van der Waals surface area contributed by atoms with E-state index in [9.17, 15) is 4.79 Å². The fourth-order valence-electron chi connectivity index (χ4n) is 1.60. The van der Waals surface area contributed by atoms with Crippen LogP contribution in [-0.4, -0.2) is 44.6 Å². The van der Waals surface area contributed by atoms with E-state index < -0.39 is 5.97 Å². The molecule has 0 aromatic carbocycles. The molecule has 0 unspecified atom stereocenters. The molecule has 0 aliphatic carbocycles. The molecule has 0 aliphatic rings. The molecule has 19 heavy (non-hydrogen) atoms. The molecular weight excluding hydrogens is 250 g/mol. The molecule has 0 bridgehead atoms. The summed E-state index contributed by atoms with van der Waals surface area (Å²) in [5.41, 5.74) is 0.222. The fraction of sp³-hybridized carbons (Fsp3) is 0.615. The molecule has 1 aromatic heterocycles. The minimum Gasteiger partial charge on any atom is -0.478 e. The number of carboxylic acids is 1. The van der Waals surface area contributed by atoms with E-state index in [0.717, 1.165) is 13.0 Å². The SMILES string of the molecule is COCCOCCCNCc1cc(C(=O)O)c(C)o1. The summed E-state index contributed by atoms with van der Waals surface area (Å²) in [6.07, 6.45) is 0.884. The van der Waals surface area contributed by atoms with Crippen LogP contribution in [0, 0.1) is 6.92 Å². The summed E-state index contributed by atoms with van der Waals surface area (Å²) in [7, 11) is 1.64.